The number of alkyl halides is 2. The summed E-state index contributed by atoms with van der Waals surface area (Å²) in [5.41, 5.74) is 0.677. The molecule has 178 valence electrons. The number of amides is 1. The van der Waals surface area contributed by atoms with Gasteiger partial charge in [0.1, 0.15) is 23.2 Å². The van der Waals surface area contributed by atoms with Crippen LogP contribution in [-0.4, -0.2) is 55.0 Å². The molecule has 0 bridgehead atoms. The molecule has 4 rings (SSSR count). The van der Waals surface area contributed by atoms with Crippen molar-refractivity contribution in [3.63, 3.8) is 0 Å². The summed E-state index contributed by atoms with van der Waals surface area (Å²) in [6.45, 7) is 2.67. The van der Waals surface area contributed by atoms with Gasteiger partial charge in [-0.05, 0) is 45.0 Å². The Morgan fingerprint density at radius 3 is 2.42 bits per heavy atom. The molecule has 2 fully saturated rings. The average Bonchev–Trinajstić information content (AvgIpc) is 3.07. The topological polar surface area (TPSA) is 45.7 Å². The van der Waals surface area contributed by atoms with Crippen molar-refractivity contribution in [1.82, 2.24) is 9.88 Å². The smallest absolute Gasteiger partial charge is 0.251 e. The molecule has 0 saturated carbocycles. The number of hydrogen-bond donors (Lipinski definition) is 0. The molecule has 5 nitrogen and oxygen atoms in total. The van der Waals surface area contributed by atoms with E-state index in [4.69, 9.17) is 9.72 Å². The first-order valence-corrected chi connectivity index (χ1v) is 11.1. The fraction of sp³-hybridized carbons (Fsp3) is 0.500. The normalized spacial score (nSPS) is 22.4. The second-order valence-electron chi connectivity index (χ2n) is 8.71. The Labute approximate surface area is 190 Å². The minimum Gasteiger partial charge on any atom is -0.497 e. The van der Waals surface area contributed by atoms with Crippen molar-refractivity contribution in [2.75, 3.05) is 31.6 Å². The molecule has 1 aromatic heterocycles. The molecule has 9 heteroatoms. The van der Waals surface area contributed by atoms with Crippen molar-refractivity contribution < 1.29 is 27.1 Å². The van der Waals surface area contributed by atoms with Crippen LogP contribution in [0.1, 0.15) is 49.3 Å². The number of nitrogens with zero attached hydrogens (tertiary/aromatic N) is 3. The quantitative estimate of drug-likeness (QED) is 0.579. The summed E-state index contributed by atoms with van der Waals surface area (Å²) in [5, 5.41) is 0. The van der Waals surface area contributed by atoms with Crippen LogP contribution in [-0.2, 0) is 4.79 Å². The minimum atomic E-state index is -2.35. The number of anilines is 1. The lowest BCUT2D eigenvalue weighted by Crippen LogP contribution is -2.36. The SMILES string of the molecule is COc1cc(F)c(C2CC(=O)N(c3cccc(C4CCN(CC(F)F)CC4)n3)C2C)c(F)c1. The van der Waals surface area contributed by atoms with Gasteiger partial charge < -0.3 is 4.74 Å². The predicted molar refractivity (Wildman–Crippen MR) is 116 cm³/mol. The molecule has 3 heterocycles. The molecule has 2 aliphatic rings. The molecule has 2 saturated heterocycles. The number of halogens is 4. The number of hydrogen-bond acceptors (Lipinski definition) is 4. The van der Waals surface area contributed by atoms with Gasteiger partial charge in [-0.2, -0.15) is 0 Å². The zero-order chi connectivity index (χ0) is 23.7. The number of carbonyl (C=O) groups excluding carboxylic acids is 1. The zero-order valence-corrected chi connectivity index (χ0v) is 18.6. The molecular weight excluding hydrogens is 438 g/mol. The van der Waals surface area contributed by atoms with Gasteiger partial charge in [-0.1, -0.05) is 6.07 Å². The number of likely N-dealkylation sites (tertiary alicyclic amines) is 1. The van der Waals surface area contributed by atoms with Crippen LogP contribution in [0.5, 0.6) is 5.75 Å². The van der Waals surface area contributed by atoms with Gasteiger partial charge in [0.2, 0.25) is 5.91 Å². The van der Waals surface area contributed by atoms with Gasteiger partial charge in [0.05, 0.1) is 13.7 Å². The van der Waals surface area contributed by atoms with Gasteiger partial charge >= 0.3 is 0 Å². The maximum atomic E-state index is 14.7. The van der Waals surface area contributed by atoms with Crippen molar-refractivity contribution in [2.24, 2.45) is 0 Å². The zero-order valence-electron chi connectivity index (χ0n) is 18.6. The largest absolute Gasteiger partial charge is 0.497 e. The average molecular weight is 465 g/mol. The molecule has 0 aliphatic carbocycles. The van der Waals surface area contributed by atoms with Crippen LogP contribution in [0.3, 0.4) is 0 Å². The first-order chi connectivity index (χ1) is 15.8. The fourth-order valence-electron chi connectivity index (χ4n) is 4.98. The van der Waals surface area contributed by atoms with Gasteiger partial charge in [0.15, 0.2) is 0 Å². The number of ether oxygens (including phenoxy) is 1. The number of rotatable bonds is 6. The van der Waals surface area contributed by atoms with E-state index in [0.717, 1.165) is 17.8 Å². The Bertz CT molecular complexity index is 988. The number of pyridine rings is 1. The van der Waals surface area contributed by atoms with E-state index in [1.54, 1.807) is 17.9 Å². The van der Waals surface area contributed by atoms with Crippen molar-refractivity contribution in [1.29, 1.82) is 0 Å². The summed E-state index contributed by atoms with van der Waals surface area (Å²) >= 11 is 0. The van der Waals surface area contributed by atoms with Crippen LogP contribution in [0.15, 0.2) is 30.3 Å². The maximum absolute atomic E-state index is 14.7. The van der Waals surface area contributed by atoms with Crippen LogP contribution in [0.2, 0.25) is 0 Å². The van der Waals surface area contributed by atoms with E-state index in [1.165, 1.54) is 12.0 Å². The Kier molecular flexibility index (Phi) is 6.88. The van der Waals surface area contributed by atoms with Crippen molar-refractivity contribution in [3.05, 3.63) is 53.2 Å². The summed E-state index contributed by atoms with van der Waals surface area (Å²) in [4.78, 5) is 20.8. The summed E-state index contributed by atoms with van der Waals surface area (Å²) in [5.74, 6) is -1.76. The molecule has 1 amide bonds. The van der Waals surface area contributed by atoms with Gasteiger partial charge in [0, 0.05) is 47.7 Å². The molecule has 0 N–H and O–H groups in total. The Hall–Kier alpha value is -2.68. The van der Waals surface area contributed by atoms with E-state index in [0.29, 0.717) is 31.7 Å². The van der Waals surface area contributed by atoms with Crippen LogP contribution >= 0.6 is 0 Å². The molecule has 0 spiro atoms. The standard InChI is InChI=1S/C24H27F4N3O2/c1-14-17(24-18(25)10-16(33-2)11-19(24)26)12-23(32)31(14)22-5-3-4-20(29-22)15-6-8-30(9-7-15)13-21(27)28/h3-5,10-11,14-15,17,21H,6-9,12-13H2,1-2H3. The number of aromatic nitrogens is 1. The van der Waals surface area contributed by atoms with Crippen LogP contribution in [0, 0.1) is 11.6 Å². The highest BCUT2D eigenvalue weighted by atomic mass is 19.3. The van der Waals surface area contributed by atoms with E-state index in [9.17, 15) is 22.4 Å². The summed E-state index contributed by atoms with van der Waals surface area (Å²) < 4.78 is 59.6. The fourth-order valence-corrected chi connectivity index (χ4v) is 4.98. The van der Waals surface area contributed by atoms with Gasteiger partial charge in [0.25, 0.3) is 6.43 Å². The predicted octanol–water partition coefficient (Wildman–Crippen LogP) is 4.72. The minimum absolute atomic E-state index is 0.0285. The van der Waals surface area contributed by atoms with E-state index in [-0.39, 0.29) is 36.1 Å². The van der Waals surface area contributed by atoms with Crippen LogP contribution < -0.4 is 9.64 Å². The second kappa shape index (κ2) is 9.67. The molecule has 0 radical (unpaired) electrons. The third kappa shape index (κ3) is 4.83. The van der Waals surface area contributed by atoms with E-state index in [1.807, 2.05) is 12.1 Å². The third-order valence-electron chi connectivity index (χ3n) is 6.72. The lowest BCUT2D eigenvalue weighted by molar-refractivity contribution is -0.117. The third-order valence-corrected chi connectivity index (χ3v) is 6.72. The number of piperidine rings is 1. The number of methoxy groups -OCH3 is 1. The molecule has 2 aliphatic heterocycles. The first kappa shape index (κ1) is 23.5. The highest BCUT2D eigenvalue weighted by molar-refractivity contribution is 5.96. The molecular formula is C24H27F4N3O2. The summed E-state index contributed by atoms with van der Waals surface area (Å²) in [6, 6.07) is 7.15. The lowest BCUT2D eigenvalue weighted by atomic mass is 9.91. The van der Waals surface area contributed by atoms with Crippen LogP contribution in [0.25, 0.3) is 0 Å². The van der Waals surface area contributed by atoms with E-state index < -0.39 is 30.0 Å². The van der Waals surface area contributed by atoms with Crippen LogP contribution in [0.4, 0.5) is 23.4 Å². The van der Waals surface area contributed by atoms with Gasteiger partial charge in [-0.25, -0.2) is 22.5 Å². The summed E-state index contributed by atoms with van der Waals surface area (Å²) in [7, 11) is 1.33. The van der Waals surface area contributed by atoms with E-state index in [2.05, 4.69) is 0 Å². The van der Waals surface area contributed by atoms with Crippen molar-refractivity contribution >= 4 is 11.7 Å². The van der Waals surface area contributed by atoms with Crippen molar-refractivity contribution in [3.8, 4) is 5.75 Å². The molecule has 2 atom stereocenters. The molecule has 33 heavy (non-hydrogen) atoms. The molecule has 2 unspecified atom stereocenters. The Morgan fingerprint density at radius 2 is 1.82 bits per heavy atom. The lowest BCUT2D eigenvalue weighted by Gasteiger charge is -2.32. The maximum Gasteiger partial charge on any atom is 0.251 e. The summed E-state index contributed by atoms with van der Waals surface area (Å²) in [6.07, 6.45) is -0.965. The highest BCUT2D eigenvalue weighted by Crippen LogP contribution is 2.40. The van der Waals surface area contributed by atoms with E-state index >= 15 is 0 Å². The first-order valence-electron chi connectivity index (χ1n) is 11.1. The monoisotopic (exact) mass is 465 g/mol. The number of carbonyl (C=O) groups is 1. The van der Waals surface area contributed by atoms with Gasteiger partial charge in [-0.3, -0.25) is 14.6 Å². The van der Waals surface area contributed by atoms with Gasteiger partial charge in [-0.15, -0.1) is 0 Å². The Morgan fingerprint density at radius 1 is 1.15 bits per heavy atom. The molecule has 2 aromatic rings. The number of benzene rings is 1. The Balaban J connectivity index is 1.53. The highest BCUT2D eigenvalue weighted by Gasteiger charge is 2.42. The molecule has 1 aromatic carbocycles. The van der Waals surface area contributed by atoms with Crippen molar-refractivity contribution in [2.45, 2.75) is 50.5 Å². The second-order valence-corrected chi connectivity index (χ2v) is 8.71.